The van der Waals surface area contributed by atoms with Crippen molar-refractivity contribution in [1.82, 2.24) is 15.1 Å². The highest BCUT2D eigenvalue weighted by atomic mass is 16.5. The normalized spacial score (nSPS) is 15.6. The van der Waals surface area contributed by atoms with Gasteiger partial charge < -0.3 is 15.0 Å². The number of piperidine rings is 1. The Balaban J connectivity index is 1.16. The molecule has 0 aliphatic carbocycles. The van der Waals surface area contributed by atoms with Crippen LogP contribution in [0.4, 0.5) is 0 Å². The zero-order valence-corrected chi connectivity index (χ0v) is 20.2. The number of likely N-dealkylation sites (tertiary alicyclic amines) is 1. The molecule has 9 nitrogen and oxygen atoms in total. The standard InChI is InChI=1S/C27H29N3O6/c1-18(31)36-21-7-4-6-20(16-21)25(33)29-14-11-19(12-15-29)17-28-24(32)10-5-13-30-26(34)22-8-2-3-9-23(22)27(30)35/h2-4,6-9,16,19H,5,10-15,17H2,1H3,(H,28,32). The van der Waals surface area contributed by atoms with Crippen LogP contribution in [0.3, 0.4) is 0 Å². The van der Waals surface area contributed by atoms with Crippen LogP contribution in [0.5, 0.6) is 5.75 Å². The minimum Gasteiger partial charge on any atom is -0.427 e. The highest BCUT2D eigenvalue weighted by molar-refractivity contribution is 6.21. The molecule has 36 heavy (non-hydrogen) atoms. The van der Waals surface area contributed by atoms with Crippen LogP contribution >= 0.6 is 0 Å². The second-order valence-corrected chi connectivity index (χ2v) is 9.07. The van der Waals surface area contributed by atoms with Crippen molar-refractivity contribution >= 4 is 29.6 Å². The number of nitrogens with zero attached hydrogens (tertiary/aromatic N) is 2. The predicted molar refractivity (Wildman–Crippen MR) is 130 cm³/mol. The van der Waals surface area contributed by atoms with Crippen molar-refractivity contribution in [3.63, 3.8) is 0 Å². The molecule has 9 heteroatoms. The van der Waals surface area contributed by atoms with Crippen molar-refractivity contribution in [1.29, 1.82) is 0 Å². The number of hydrogen-bond acceptors (Lipinski definition) is 6. The Hall–Kier alpha value is -4.01. The van der Waals surface area contributed by atoms with Gasteiger partial charge in [-0.1, -0.05) is 18.2 Å². The second-order valence-electron chi connectivity index (χ2n) is 9.07. The Labute approximate surface area is 209 Å². The molecular formula is C27H29N3O6. The maximum Gasteiger partial charge on any atom is 0.308 e. The van der Waals surface area contributed by atoms with E-state index in [-0.39, 0.29) is 42.5 Å². The highest BCUT2D eigenvalue weighted by Gasteiger charge is 2.34. The predicted octanol–water partition coefficient (Wildman–Crippen LogP) is 2.66. The number of ether oxygens (including phenoxy) is 1. The number of carbonyl (C=O) groups excluding carboxylic acids is 5. The Kier molecular flexibility index (Phi) is 7.77. The minimum atomic E-state index is -0.439. The van der Waals surface area contributed by atoms with Gasteiger partial charge in [0.25, 0.3) is 17.7 Å². The van der Waals surface area contributed by atoms with Gasteiger partial charge in [-0.15, -0.1) is 0 Å². The second kappa shape index (κ2) is 11.2. The summed E-state index contributed by atoms with van der Waals surface area (Å²) < 4.78 is 5.06. The van der Waals surface area contributed by atoms with Crippen LogP contribution in [0.1, 0.15) is 63.7 Å². The quantitative estimate of drug-likeness (QED) is 0.345. The molecular weight excluding hydrogens is 462 g/mol. The molecule has 2 aliphatic heterocycles. The van der Waals surface area contributed by atoms with E-state index in [0.29, 0.717) is 48.5 Å². The van der Waals surface area contributed by atoms with Crippen molar-refractivity contribution in [2.24, 2.45) is 5.92 Å². The Morgan fingerprint density at radius 3 is 2.28 bits per heavy atom. The van der Waals surface area contributed by atoms with Crippen LogP contribution in [0, 0.1) is 5.92 Å². The molecule has 1 N–H and O–H groups in total. The molecule has 4 rings (SSSR count). The van der Waals surface area contributed by atoms with Crippen molar-refractivity contribution in [2.45, 2.75) is 32.6 Å². The summed E-state index contributed by atoms with van der Waals surface area (Å²) in [6.07, 6.45) is 2.16. The van der Waals surface area contributed by atoms with Gasteiger partial charge in [-0.2, -0.15) is 0 Å². The number of carbonyl (C=O) groups is 5. The zero-order chi connectivity index (χ0) is 25.7. The van der Waals surface area contributed by atoms with E-state index in [1.54, 1.807) is 53.4 Å². The van der Waals surface area contributed by atoms with Crippen LogP contribution in [0.15, 0.2) is 48.5 Å². The van der Waals surface area contributed by atoms with Gasteiger partial charge in [0.2, 0.25) is 5.91 Å². The molecule has 0 unspecified atom stereocenters. The molecule has 1 saturated heterocycles. The summed E-state index contributed by atoms with van der Waals surface area (Å²) >= 11 is 0. The molecule has 0 atom stereocenters. The molecule has 188 valence electrons. The lowest BCUT2D eigenvalue weighted by atomic mass is 9.96. The summed E-state index contributed by atoms with van der Waals surface area (Å²) in [6, 6.07) is 13.3. The van der Waals surface area contributed by atoms with Gasteiger partial charge in [0, 0.05) is 45.1 Å². The van der Waals surface area contributed by atoms with Gasteiger partial charge in [-0.25, -0.2) is 0 Å². The van der Waals surface area contributed by atoms with E-state index >= 15 is 0 Å². The van der Waals surface area contributed by atoms with E-state index in [9.17, 15) is 24.0 Å². The largest absolute Gasteiger partial charge is 0.427 e. The summed E-state index contributed by atoms with van der Waals surface area (Å²) in [5.41, 5.74) is 1.29. The van der Waals surface area contributed by atoms with Gasteiger partial charge in [-0.05, 0) is 55.5 Å². The number of fused-ring (bicyclic) bond motifs is 1. The first-order valence-electron chi connectivity index (χ1n) is 12.1. The smallest absolute Gasteiger partial charge is 0.308 e. The first kappa shape index (κ1) is 25.1. The van der Waals surface area contributed by atoms with Crippen LogP contribution in [-0.2, 0) is 9.59 Å². The Morgan fingerprint density at radius 1 is 0.972 bits per heavy atom. The SMILES string of the molecule is CC(=O)Oc1cccc(C(=O)N2CCC(CNC(=O)CCCN3C(=O)c4ccccc4C3=O)CC2)c1. The van der Waals surface area contributed by atoms with E-state index in [4.69, 9.17) is 4.74 Å². The average Bonchev–Trinajstić information content (AvgIpc) is 3.12. The average molecular weight is 492 g/mol. The molecule has 4 amide bonds. The fourth-order valence-electron chi connectivity index (χ4n) is 4.57. The summed E-state index contributed by atoms with van der Waals surface area (Å²) in [5, 5.41) is 2.94. The molecule has 0 spiro atoms. The monoisotopic (exact) mass is 491 g/mol. The van der Waals surface area contributed by atoms with Gasteiger partial charge >= 0.3 is 5.97 Å². The Morgan fingerprint density at radius 2 is 1.64 bits per heavy atom. The highest BCUT2D eigenvalue weighted by Crippen LogP contribution is 2.23. The van der Waals surface area contributed by atoms with E-state index in [0.717, 1.165) is 12.8 Å². The van der Waals surface area contributed by atoms with Crippen molar-refractivity contribution in [3.05, 3.63) is 65.2 Å². The fraction of sp³-hybridized carbons (Fsp3) is 0.370. The number of benzene rings is 2. The molecule has 0 saturated carbocycles. The molecule has 1 fully saturated rings. The number of esters is 1. The van der Waals surface area contributed by atoms with E-state index in [1.807, 2.05) is 0 Å². The Bertz CT molecular complexity index is 1150. The van der Waals surface area contributed by atoms with Crippen LogP contribution in [0.25, 0.3) is 0 Å². The van der Waals surface area contributed by atoms with E-state index < -0.39 is 5.97 Å². The topological polar surface area (TPSA) is 113 Å². The van der Waals surface area contributed by atoms with Crippen LogP contribution < -0.4 is 10.1 Å². The van der Waals surface area contributed by atoms with Gasteiger partial charge in [0.15, 0.2) is 0 Å². The third-order valence-electron chi connectivity index (χ3n) is 6.50. The summed E-state index contributed by atoms with van der Waals surface area (Å²) in [5.74, 6) is -0.681. The molecule has 0 aromatic heterocycles. The molecule has 0 radical (unpaired) electrons. The maximum atomic E-state index is 12.8. The fourth-order valence-corrected chi connectivity index (χ4v) is 4.57. The first-order chi connectivity index (χ1) is 17.3. The van der Waals surface area contributed by atoms with Crippen molar-refractivity contribution < 1.29 is 28.7 Å². The minimum absolute atomic E-state index is 0.111. The molecule has 2 aliphatic rings. The van der Waals surface area contributed by atoms with Crippen LogP contribution in [-0.4, -0.2) is 65.6 Å². The van der Waals surface area contributed by atoms with Gasteiger partial charge in [0.05, 0.1) is 11.1 Å². The lowest BCUT2D eigenvalue weighted by Gasteiger charge is -2.32. The molecule has 2 aromatic carbocycles. The van der Waals surface area contributed by atoms with Crippen molar-refractivity contribution in [2.75, 3.05) is 26.2 Å². The molecule has 0 bridgehead atoms. The van der Waals surface area contributed by atoms with E-state index in [2.05, 4.69) is 5.32 Å². The van der Waals surface area contributed by atoms with Crippen molar-refractivity contribution in [3.8, 4) is 5.75 Å². The summed E-state index contributed by atoms with van der Waals surface area (Å²) in [6.45, 7) is 3.20. The van der Waals surface area contributed by atoms with Crippen LogP contribution in [0.2, 0.25) is 0 Å². The van der Waals surface area contributed by atoms with Gasteiger partial charge in [-0.3, -0.25) is 28.9 Å². The molecule has 2 heterocycles. The molecule has 2 aromatic rings. The third-order valence-corrected chi connectivity index (χ3v) is 6.50. The number of imide groups is 1. The lowest BCUT2D eigenvalue weighted by molar-refractivity contribution is -0.131. The maximum absolute atomic E-state index is 12.8. The number of hydrogen-bond donors (Lipinski definition) is 1. The third kappa shape index (κ3) is 5.79. The van der Waals surface area contributed by atoms with E-state index in [1.165, 1.54) is 11.8 Å². The lowest BCUT2D eigenvalue weighted by Crippen LogP contribution is -2.41. The first-order valence-corrected chi connectivity index (χ1v) is 12.1. The number of rotatable bonds is 8. The zero-order valence-electron chi connectivity index (χ0n) is 20.2. The summed E-state index contributed by atoms with van der Waals surface area (Å²) in [4.78, 5) is 64.0. The van der Waals surface area contributed by atoms with Gasteiger partial charge in [0.1, 0.15) is 5.75 Å². The number of nitrogens with one attached hydrogen (secondary N) is 1. The summed E-state index contributed by atoms with van der Waals surface area (Å²) in [7, 11) is 0. The number of amides is 4.